The third-order valence-corrected chi connectivity index (χ3v) is 6.02. The molecule has 6 heteroatoms. The van der Waals surface area contributed by atoms with Crippen LogP contribution in [0.25, 0.3) is 0 Å². The highest BCUT2D eigenvalue weighted by Crippen LogP contribution is 2.31. The lowest BCUT2D eigenvalue weighted by molar-refractivity contribution is 0.453. The maximum Gasteiger partial charge on any atom is 0.243 e. The van der Waals surface area contributed by atoms with Gasteiger partial charge in [-0.1, -0.05) is 0 Å². The van der Waals surface area contributed by atoms with Gasteiger partial charge < -0.3 is 0 Å². The standard InChI is InChI=1S/C10H14ClNO2S2/c1-12(6-8-2-3-8)16(13,14)10-4-9(5-11)15-7-10/h4,7-8H,2-3,5-6H2,1H3. The van der Waals surface area contributed by atoms with Gasteiger partial charge in [-0.3, -0.25) is 0 Å². The molecule has 0 radical (unpaired) electrons. The van der Waals surface area contributed by atoms with Gasteiger partial charge in [-0.15, -0.1) is 22.9 Å². The van der Waals surface area contributed by atoms with Crippen molar-refractivity contribution >= 4 is 33.0 Å². The van der Waals surface area contributed by atoms with Gasteiger partial charge >= 0.3 is 0 Å². The van der Waals surface area contributed by atoms with Gasteiger partial charge in [0.05, 0.1) is 10.8 Å². The molecule has 0 bridgehead atoms. The fourth-order valence-corrected chi connectivity index (χ4v) is 4.13. The molecule has 3 nitrogen and oxygen atoms in total. The van der Waals surface area contributed by atoms with Crippen molar-refractivity contribution in [2.45, 2.75) is 23.6 Å². The van der Waals surface area contributed by atoms with Gasteiger partial charge in [0.2, 0.25) is 10.0 Å². The van der Waals surface area contributed by atoms with E-state index in [2.05, 4.69) is 0 Å². The van der Waals surface area contributed by atoms with E-state index in [1.54, 1.807) is 18.5 Å². The van der Waals surface area contributed by atoms with Crippen LogP contribution in [0.1, 0.15) is 17.7 Å². The fraction of sp³-hybridized carbons (Fsp3) is 0.600. The molecule has 0 N–H and O–H groups in total. The van der Waals surface area contributed by atoms with Gasteiger partial charge in [0.15, 0.2) is 0 Å². The molecule has 0 saturated heterocycles. The Kier molecular flexibility index (Phi) is 3.59. The predicted octanol–water partition coefficient (Wildman–Crippen LogP) is 2.52. The van der Waals surface area contributed by atoms with Crippen LogP contribution < -0.4 is 0 Å². The summed E-state index contributed by atoms with van der Waals surface area (Å²) in [6.45, 7) is 0.633. The Morgan fingerprint density at radius 3 is 2.75 bits per heavy atom. The van der Waals surface area contributed by atoms with E-state index in [-0.39, 0.29) is 0 Å². The van der Waals surface area contributed by atoms with E-state index in [1.807, 2.05) is 0 Å². The minimum Gasteiger partial charge on any atom is -0.207 e. The molecule has 16 heavy (non-hydrogen) atoms. The summed E-state index contributed by atoms with van der Waals surface area (Å²) in [6.07, 6.45) is 2.30. The first-order valence-electron chi connectivity index (χ1n) is 5.13. The number of sulfonamides is 1. The van der Waals surface area contributed by atoms with E-state index in [1.165, 1.54) is 15.6 Å². The second-order valence-electron chi connectivity index (χ2n) is 4.11. The number of hydrogen-bond acceptors (Lipinski definition) is 3. The quantitative estimate of drug-likeness (QED) is 0.777. The first-order chi connectivity index (χ1) is 7.54. The highest BCUT2D eigenvalue weighted by Gasteiger charge is 2.29. The molecule has 2 rings (SSSR count). The van der Waals surface area contributed by atoms with Crippen LogP contribution >= 0.6 is 22.9 Å². The number of hydrogen-bond donors (Lipinski definition) is 0. The van der Waals surface area contributed by atoms with E-state index in [0.29, 0.717) is 23.2 Å². The SMILES string of the molecule is CN(CC1CC1)S(=O)(=O)c1csc(CCl)c1. The van der Waals surface area contributed by atoms with Crippen LogP contribution in [-0.2, 0) is 15.9 Å². The van der Waals surface area contributed by atoms with Crippen molar-refractivity contribution < 1.29 is 8.42 Å². The summed E-state index contributed by atoms with van der Waals surface area (Å²) in [5.74, 6) is 0.929. The van der Waals surface area contributed by atoms with Gasteiger partial charge in [-0.2, -0.15) is 0 Å². The van der Waals surface area contributed by atoms with Crippen LogP contribution in [0.4, 0.5) is 0 Å². The van der Waals surface area contributed by atoms with Crippen LogP contribution in [0.3, 0.4) is 0 Å². The first-order valence-corrected chi connectivity index (χ1v) is 7.99. The summed E-state index contributed by atoms with van der Waals surface area (Å²) in [5, 5.41) is 1.66. The van der Waals surface area contributed by atoms with Crippen molar-refractivity contribution in [1.29, 1.82) is 0 Å². The van der Waals surface area contributed by atoms with Crippen molar-refractivity contribution in [3.63, 3.8) is 0 Å². The molecule has 0 aromatic carbocycles. The molecule has 0 amide bonds. The Bertz CT molecular complexity index is 465. The van der Waals surface area contributed by atoms with E-state index in [0.717, 1.165) is 17.7 Å². The number of rotatable bonds is 5. The van der Waals surface area contributed by atoms with E-state index in [9.17, 15) is 8.42 Å². The van der Waals surface area contributed by atoms with Crippen molar-refractivity contribution in [3.8, 4) is 0 Å². The van der Waals surface area contributed by atoms with Crippen LogP contribution in [-0.4, -0.2) is 26.3 Å². The van der Waals surface area contributed by atoms with Crippen molar-refractivity contribution in [2.75, 3.05) is 13.6 Å². The maximum absolute atomic E-state index is 12.1. The number of nitrogens with zero attached hydrogens (tertiary/aromatic N) is 1. The van der Waals surface area contributed by atoms with Crippen LogP contribution in [0.15, 0.2) is 16.3 Å². The predicted molar refractivity (Wildman–Crippen MR) is 66.4 cm³/mol. The number of alkyl halides is 1. The fourth-order valence-electron chi connectivity index (χ4n) is 1.51. The lowest BCUT2D eigenvalue weighted by Gasteiger charge is -2.15. The van der Waals surface area contributed by atoms with E-state index in [4.69, 9.17) is 11.6 Å². The molecule has 1 fully saturated rings. The maximum atomic E-state index is 12.1. The third-order valence-electron chi connectivity index (χ3n) is 2.68. The zero-order valence-corrected chi connectivity index (χ0v) is 11.4. The molecule has 0 atom stereocenters. The van der Waals surface area contributed by atoms with Crippen molar-refractivity contribution in [2.24, 2.45) is 5.92 Å². The summed E-state index contributed by atoms with van der Waals surface area (Å²) >= 11 is 7.06. The number of thiophene rings is 1. The molecule has 0 aliphatic heterocycles. The van der Waals surface area contributed by atoms with E-state index >= 15 is 0 Å². The average molecular weight is 280 g/mol. The Morgan fingerprint density at radius 2 is 2.25 bits per heavy atom. The Labute approximate surface area is 105 Å². The second-order valence-corrected chi connectivity index (χ2v) is 7.42. The molecule has 90 valence electrons. The van der Waals surface area contributed by atoms with Crippen LogP contribution in [0.2, 0.25) is 0 Å². The normalized spacial score (nSPS) is 16.9. The average Bonchev–Trinajstić information content (AvgIpc) is 2.93. The molecule has 0 unspecified atom stereocenters. The Hall–Kier alpha value is -0.100. The summed E-state index contributed by atoms with van der Waals surface area (Å²) in [5.41, 5.74) is 0. The monoisotopic (exact) mass is 279 g/mol. The summed E-state index contributed by atoms with van der Waals surface area (Å²) in [4.78, 5) is 1.26. The summed E-state index contributed by atoms with van der Waals surface area (Å²) < 4.78 is 25.7. The topological polar surface area (TPSA) is 37.4 Å². The van der Waals surface area contributed by atoms with Gasteiger partial charge in [0, 0.05) is 23.8 Å². The third kappa shape index (κ3) is 2.59. The molecule has 1 aliphatic rings. The van der Waals surface area contributed by atoms with Gasteiger partial charge in [0.1, 0.15) is 0 Å². The van der Waals surface area contributed by atoms with Crippen molar-refractivity contribution in [3.05, 3.63) is 16.3 Å². The van der Waals surface area contributed by atoms with Crippen molar-refractivity contribution in [1.82, 2.24) is 4.31 Å². The lowest BCUT2D eigenvalue weighted by Crippen LogP contribution is -2.28. The minimum absolute atomic E-state index is 0.368. The molecule has 1 aliphatic carbocycles. The smallest absolute Gasteiger partial charge is 0.207 e. The highest BCUT2D eigenvalue weighted by molar-refractivity contribution is 7.89. The highest BCUT2D eigenvalue weighted by atomic mass is 35.5. The Morgan fingerprint density at radius 1 is 1.56 bits per heavy atom. The molecule has 1 heterocycles. The molecule has 1 aromatic rings. The summed E-state index contributed by atoms with van der Waals surface area (Å²) in [7, 11) is -1.65. The van der Waals surface area contributed by atoms with Gasteiger partial charge in [-0.05, 0) is 24.8 Å². The molecule has 1 aromatic heterocycles. The second kappa shape index (κ2) is 4.64. The molecular formula is C10H14ClNO2S2. The molecule has 1 saturated carbocycles. The minimum atomic E-state index is -3.30. The van der Waals surface area contributed by atoms with Gasteiger partial charge in [0.25, 0.3) is 0 Å². The lowest BCUT2D eigenvalue weighted by atomic mass is 10.4. The number of halogens is 1. The van der Waals surface area contributed by atoms with Gasteiger partial charge in [-0.25, -0.2) is 12.7 Å². The Balaban J connectivity index is 2.16. The largest absolute Gasteiger partial charge is 0.243 e. The zero-order chi connectivity index (χ0) is 11.8. The van der Waals surface area contributed by atoms with Crippen LogP contribution in [0, 0.1) is 5.92 Å². The van der Waals surface area contributed by atoms with E-state index < -0.39 is 10.0 Å². The molecular weight excluding hydrogens is 266 g/mol. The summed E-state index contributed by atoms with van der Waals surface area (Å²) in [6, 6.07) is 1.66. The zero-order valence-electron chi connectivity index (χ0n) is 9.02. The van der Waals surface area contributed by atoms with Crippen LogP contribution in [0.5, 0.6) is 0 Å². The first kappa shape index (κ1) is 12.4. The molecule has 0 spiro atoms.